The average Bonchev–Trinajstić information content (AvgIpc) is 2.62. The first-order chi connectivity index (χ1) is 12.3. The fourth-order valence-corrected chi connectivity index (χ4v) is 2.95. The standard InChI is InChI=1S/C18H24F3N3O2/c1-3-26-16(25)14-5-4-10-24(12-14)17(22-2)23-11-13-6-8-15(9-7-13)18(19,20)21/h6-9,14H,3-5,10-12H2,1-2H3,(H,22,23). The molecule has 0 aromatic heterocycles. The van der Waals surface area contributed by atoms with E-state index in [1.807, 2.05) is 4.90 Å². The summed E-state index contributed by atoms with van der Waals surface area (Å²) in [5.41, 5.74) is 0.0528. The van der Waals surface area contributed by atoms with Gasteiger partial charge in [-0.15, -0.1) is 0 Å². The molecule has 2 rings (SSSR count). The fraction of sp³-hybridized carbons (Fsp3) is 0.556. The van der Waals surface area contributed by atoms with Gasteiger partial charge in [0.05, 0.1) is 18.1 Å². The maximum atomic E-state index is 12.6. The van der Waals surface area contributed by atoms with Gasteiger partial charge in [-0.05, 0) is 37.5 Å². The van der Waals surface area contributed by atoms with Gasteiger partial charge in [-0.2, -0.15) is 13.2 Å². The number of ether oxygens (including phenoxy) is 1. The van der Waals surface area contributed by atoms with Crippen molar-refractivity contribution < 1.29 is 22.7 Å². The first-order valence-electron chi connectivity index (χ1n) is 8.63. The largest absolute Gasteiger partial charge is 0.466 e. The summed E-state index contributed by atoms with van der Waals surface area (Å²) in [4.78, 5) is 18.1. The number of piperidine rings is 1. The van der Waals surface area contributed by atoms with Gasteiger partial charge in [0.15, 0.2) is 5.96 Å². The van der Waals surface area contributed by atoms with E-state index in [1.165, 1.54) is 12.1 Å². The molecule has 144 valence electrons. The van der Waals surface area contributed by atoms with Crippen molar-refractivity contribution in [2.24, 2.45) is 10.9 Å². The lowest BCUT2D eigenvalue weighted by molar-refractivity contribution is -0.149. The predicted molar refractivity (Wildman–Crippen MR) is 92.6 cm³/mol. The number of rotatable bonds is 4. The summed E-state index contributed by atoms with van der Waals surface area (Å²) in [7, 11) is 1.64. The first-order valence-corrected chi connectivity index (χ1v) is 8.63. The number of hydrogen-bond acceptors (Lipinski definition) is 3. The number of halogens is 3. The van der Waals surface area contributed by atoms with E-state index in [4.69, 9.17) is 4.74 Å². The van der Waals surface area contributed by atoms with Crippen molar-refractivity contribution in [3.63, 3.8) is 0 Å². The van der Waals surface area contributed by atoms with E-state index in [-0.39, 0.29) is 11.9 Å². The lowest BCUT2D eigenvalue weighted by Gasteiger charge is -2.34. The Labute approximate surface area is 151 Å². The molecular weight excluding hydrogens is 347 g/mol. The molecule has 0 aliphatic carbocycles. The minimum absolute atomic E-state index is 0.187. The number of nitrogens with zero attached hydrogens (tertiary/aromatic N) is 2. The Morgan fingerprint density at radius 2 is 2.04 bits per heavy atom. The van der Waals surface area contributed by atoms with Crippen LogP contribution in [0.1, 0.15) is 30.9 Å². The Morgan fingerprint density at radius 3 is 2.62 bits per heavy atom. The minimum Gasteiger partial charge on any atom is -0.466 e. The molecular formula is C18H24F3N3O2. The van der Waals surface area contributed by atoms with Gasteiger partial charge in [0.25, 0.3) is 0 Å². The third-order valence-electron chi connectivity index (χ3n) is 4.28. The van der Waals surface area contributed by atoms with Gasteiger partial charge >= 0.3 is 12.1 Å². The molecule has 0 spiro atoms. The third kappa shape index (κ3) is 5.37. The highest BCUT2D eigenvalue weighted by Crippen LogP contribution is 2.29. The van der Waals surface area contributed by atoms with Crippen LogP contribution >= 0.6 is 0 Å². The number of benzene rings is 1. The van der Waals surface area contributed by atoms with E-state index in [2.05, 4.69) is 10.3 Å². The van der Waals surface area contributed by atoms with Crippen molar-refractivity contribution in [3.05, 3.63) is 35.4 Å². The maximum absolute atomic E-state index is 12.6. The molecule has 5 nitrogen and oxygen atoms in total. The quantitative estimate of drug-likeness (QED) is 0.502. The van der Waals surface area contributed by atoms with Crippen LogP contribution in [-0.4, -0.2) is 43.6 Å². The molecule has 0 radical (unpaired) electrons. The van der Waals surface area contributed by atoms with E-state index in [9.17, 15) is 18.0 Å². The van der Waals surface area contributed by atoms with Gasteiger partial charge in [0.1, 0.15) is 0 Å². The normalized spacial score (nSPS) is 18.6. The zero-order chi connectivity index (χ0) is 19.2. The summed E-state index contributed by atoms with van der Waals surface area (Å²) < 4.78 is 42.9. The Hall–Kier alpha value is -2.25. The number of hydrogen-bond donors (Lipinski definition) is 1. The Morgan fingerprint density at radius 1 is 1.35 bits per heavy atom. The number of aliphatic imine (C=N–C) groups is 1. The van der Waals surface area contributed by atoms with Crippen LogP contribution in [0.4, 0.5) is 13.2 Å². The number of guanidine groups is 1. The van der Waals surface area contributed by atoms with E-state index in [1.54, 1.807) is 14.0 Å². The smallest absolute Gasteiger partial charge is 0.416 e. The van der Waals surface area contributed by atoms with Crippen LogP contribution in [0.3, 0.4) is 0 Å². The Balaban J connectivity index is 1.94. The third-order valence-corrected chi connectivity index (χ3v) is 4.28. The molecule has 1 unspecified atom stereocenters. The summed E-state index contributed by atoms with van der Waals surface area (Å²) in [6.07, 6.45) is -2.70. The monoisotopic (exact) mass is 371 g/mol. The van der Waals surface area contributed by atoms with Crippen molar-refractivity contribution in [3.8, 4) is 0 Å². The lowest BCUT2D eigenvalue weighted by atomic mass is 9.98. The van der Waals surface area contributed by atoms with Crippen LogP contribution in [0.2, 0.25) is 0 Å². The molecule has 1 aliphatic rings. The minimum atomic E-state index is -4.34. The van der Waals surface area contributed by atoms with Crippen LogP contribution in [0.15, 0.2) is 29.3 Å². The highest BCUT2D eigenvalue weighted by molar-refractivity contribution is 5.81. The van der Waals surface area contributed by atoms with E-state index in [0.29, 0.717) is 25.7 Å². The summed E-state index contributed by atoms with van der Waals surface area (Å²) in [5, 5.41) is 3.15. The topological polar surface area (TPSA) is 53.9 Å². The summed E-state index contributed by atoms with van der Waals surface area (Å²) in [6, 6.07) is 5.02. The molecule has 1 fully saturated rings. The zero-order valence-electron chi connectivity index (χ0n) is 15.0. The van der Waals surface area contributed by atoms with Gasteiger partial charge in [-0.1, -0.05) is 12.1 Å². The van der Waals surface area contributed by atoms with E-state index < -0.39 is 11.7 Å². The molecule has 0 amide bonds. The van der Waals surface area contributed by atoms with Gasteiger partial charge in [-0.3, -0.25) is 9.79 Å². The number of nitrogens with one attached hydrogen (secondary N) is 1. The second-order valence-corrected chi connectivity index (χ2v) is 6.13. The molecule has 1 saturated heterocycles. The number of likely N-dealkylation sites (tertiary alicyclic amines) is 1. The Kier molecular flexibility index (Phi) is 6.88. The molecule has 0 saturated carbocycles. The summed E-state index contributed by atoms with van der Waals surface area (Å²) >= 11 is 0. The number of carbonyl (C=O) groups is 1. The average molecular weight is 371 g/mol. The summed E-state index contributed by atoms with van der Waals surface area (Å²) in [5.74, 6) is 0.239. The SMILES string of the molecule is CCOC(=O)C1CCCN(C(=NC)NCc2ccc(C(F)(F)F)cc2)C1. The van der Waals surface area contributed by atoms with Gasteiger partial charge < -0.3 is 15.0 Å². The molecule has 1 heterocycles. The molecule has 1 aromatic rings. The number of alkyl halides is 3. The van der Waals surface area contributed by atoms with Crippen molar-refractivity contribution in [2.45, 2.75) is 32.5 Å². The van der Waals surface area contributed by atoms with Crippen LogP contribution in [0, 0.1) is 5.92 Å². The van der Waals surface area contributed by atoms with Crippen molar-refractivity contribution in [1.82, 2.24) is 10.2 Å². The predicted octanol–water partition coefficient (Wildman–Crippen LogP) is 3.06. The van der Waals surface area contributed by atoms with Crippen molar-refractivity contribution >= 4 is 11.9 Å². The molecule has 1 aromatic carbocycles. The van der Waals surface area contributed by atoms with Crippen LogP contribution in [0.25, 0.3) is 0 Å². The van der Waals surface area contributed by atoms with E-state index >= 15 is 0 Å². The second-order valence-electron chi connectivity index (χ2n) is 6.13. The molecule has 0 bridgehead atoms. The van der Waals surface area contributed by atoms with Crippen LogP contribution in [0.5, 0.6) is 0 Å². The molecule has 1 atom stereocenters. The number of carbonyl (C=O) groups excluding carboxylic acids is 1. The van der Waals surface area contributed by atoms with Crippen molar-refractivity contribution in [1.29, 1.82) is 0 Å². The van der Waals surface area contributed by atoms with Gasteiger partial charge in [0.2, 0.25) is 0 Å². The van der Waals surface area contributed by atoms with Crippen LogP contribution in [-0.2, 0) is 22.3 Å². The van der Waals surface area contributed by atoms with E-state index in [0.717, 1.165) is 37.1 Å². The van der Waals surface area contributed by atoms with Gasteiger partial charge in [0, 0.05) is 26.7 Å². The highest BCUT2D eigenvalue weighted by Gasteiger charge is 2.30. The fourth-order valence-electron chi connectivity index (χ4n) is 2.95. The lowest BCUT2D eigenvalue weighted by Crippen LogP contribution is -2.48. The molecule has 1 N–H and O–H groups in total. The highest BCUT2D eigenvalue weighted by atomic mass is 19.4. The van der Waals surface area contributed by atoms with Gasteiger partial charge in [-0.25, -0.2) is 0 Å². The molecule has 26 heavy (non-hydrogen) atoms. The second kappa shape index (κ2) is 8.91. The molecule has 8 heteroatoms. The number of esters is 1. The zero-order valence-corrected chi connectivity index (χ0v) is 15.0. The van der Waals surface area contributed by atoms with Crippen molar-refractivity contribution in [2.75, 3.05) is 26.7 Å². The van der Waals surface area contributed by atoms with Crippen LogP contribution < -0.4 is 5.32 Å². The Bertz CT molecular complexity index is 630. The first kappa shape index (κ1) is 20.1. The maximum Gasteiger partial charge on any atom is 0.416 e. The summed E-state index contributed by atoms with van der Waals surface area (Å²) in [6.45, 7) is 3.78. The molecule has 1 aliphatic heterocycles.